The summed E-state index contributed by atoms with van der Waals surface area (Å²) in [6.07, 6.45) is 4.11. The van der Waals surface area contributed by atoms with E-state index in [4.69, 9.17) is 9.47 Å². The SMILES string of the molecule is COc1ccc(C2(C(=O)N3CCC(C)CC3)CC2)cc1OC. The van der Waals surface area contributed by atoms with E-state index in [2.05, 4.69) is 11.8 Å². The topological polar surface area (TPSA) is 38.8 Å². The maximum absolute atomic E-state index is 13.0. The molecule has 1 aliphatic heterocycles. The Bertz CT molecular complexity index is 557. The van der Waals surface area contributed by atoms with Crippen LogP contribution in [0.4, 0.5) is 0 Å². The average molecular weight is 303 g/mol. The van der Waals surface area contributed by atoms with Crippen molar-refractivity contribution in [3.05, 3.63) is 23.8 Å². The van der Waals surface area contributed by atoms with E-state index in [-0.39, 0.29) is 5.41 Å². The van der Waals surface area contributed by atoms with Gasteiger partial charge in [0.2, 0.25) is 5.91 Å². The van der Waals surface area contributed by atoms with Gasteiger partial charge < -0.3 is 14.4 Å². The zero-order valence-corrected chi connectivity index (χ0v) is 13.7. The van der Waals surface area contributed by atoms with Crippen LogP contribution in [0.15, 0.2) is 18.2 Å². The van der Waals surface area contributed by atoms with Gasteiger partial charge in [-0.05, 0) is 49.3 Å². The van der Waals surface area contributed by atoms with Crippen molar-refractivity contribution >= 4 is 5.91 Å². The third-order valence-electron chi connectivity index (χ3n) is 5.17. The highest BCUT2D eigenvalue weighted by molar-refractivity contribution is 5.91. The molecular formula is C18H25NO3. The van der Waals surface area contributed by atoms with Gasteiger partial charge in [-0.25, -0.2) is 0 Å². The van der Waals surface area contributed by atoms with Gasteiger partial charge in [-0.1, -0.05) is 13.0 Å². The number of methoxy groups -OCH3 is 2. The number of hydrogen-bond acceptors (Lipinski definition) is 3. The molecule has 0 atom stereocenters. The summed E-state index contributed by atoms with van der Waals surface area (Å²) < 4.78 is 10.7. The first-order chi connectivity index (χ1) is 10.6. The minimum Gasteiger partial charge on any atom is -0.493 e. The first-order valence-electron chi connectivity index (χ1n) is 8.12. The number of carbonyl (C=O) groups is 1. The number of piperidine rings is 1. The van der Waals surface area contributed by atoms with Gasteiger partial charge in [0, 0.05) is 13.1 Å². The Morgan fingerprint density at radius 1 is 1.14 bits per heavy atom. The number of rotatable bonds is 4. The second kappa shape index (κ2) is 5.82. The molecule has 22 heavy (non-hydrogen) atoms. The predicted octanol–water partition coefficient (Wildman–Crippen LogP) is 2.99. The molecule has 120 valence electrons. The second-order valence-electron chi connectivity index (χ2n) is 6.63. The Kier molecular flexibility index (Phi) is 4.02. The quantitative estimate of drug-likeness (QED) is 0.858. The molecule has 0 unspecified atom stereocenters. The van der Waals surface area contributed by atoms with E-state index in [1.54, 1.807) is 14.2 Å². The Labute approximate surface area is 132 Å². The van der Waals surface area contributed by atoms with Crippen LogP contribution in [0.25, 0.3) is 0 Å². The van der Waals surface area contributed by atoms with Gasteiger partial charge in [-0.2, -0.15) is 0 Å². The molecule has 0 radical (unpaired) electrons. The fraction of sp³-hybridized carbons (Fsp3) is 0.611. The van der Waals surface area contributed by atoms with Crippen molar-refractivity contribution in [2.45, 2.75) is 38.0 Å². The molecule has 1 heterocycles. The largest absolute Gasteiger partial charge is 0.493 e. The molecule has 0 N–H and O–H groups in total. The molecule has 1 aromatic rings. The summed E-state index contributed by atoms with van der Waals surface area (Å²) in [5.74, 6) is 2.44. The highest BCUT2D eigenvalue weighted by atomic mass is 16.5. The lowest BCUT2D eigenvalue weighted by Crippen LogP contribution is -2.43. The average Bonchev–Trinajstić information content (AvgIpc) is 3.36. The molecule has 1 saturated heterocycles. The number of hydrogen-bond donors (Lipinski definition) is 0. The van der Waals surface area contributed by atoms with Gasteiger partial charge in [0.15, 0.2) is 11.5 Å². The second-order valence-corrected chi connectivity index (χ2v) is 6.63. The molecule has 3 rings (SSSR count). The van der Waals surface area contributed by atoms with E-state index in [0.717, 1.165) is 50.3 Å². The molecular weight excluding hydrogens is 278 g/mol. The molecule has 1 amide bonds. The normalized spacial score (nSPS) is 20.6. The van der Waals surface area contributed by atoms with Crippen molar-refractivity contribution in [3.63, 3.8) is 0 Å². The number of ether oxygens (including phenoxy) is 2. The fourth-order valence-electron chi connectivity index (χ4n) is 3.40. The van der Waals surface area contributed by atoms with Crippen LogP contribution < -0.4 is 9.47 Å². The molecule has 4 heteroatoms. The van der Waals surface area contributed by atoms with Gasteiger partial charge in [-0.15, -0.1) is 0 Å². The Morgan fingerprint density at radius 2 is 1.77 bits per heavy atom. The standard InChI is InChI=1S/C18H25NO3/c1-13-6-10-19(11-7-13)17(20)18(8-9-18)14-4-5-15(21-2)16(12-14)22-3/h4-5,12-13H,6-11H2,1-3H3. The summed E-state index contributed by atoms with van der Waals surface area (Å²) in [7, 11) is 3.26. The fourth-order valence-corrected chi connectivity index (χ4v) is 3.40. The molecule has 1 aliphatic carbocycles. The van der Waals surface area contributed by atoms with Crippen molar-refractivity contribution in [1.82, 2.24) is 4.90 Å². The van der Waals surface area contributed by atoms with E-state index in [9.17, 15) is 4.79 Å². The molecule has 1 saturated carbocycles. The first-order valence-corrected chi connectivity index (χ1v) is 8.12. The van der Waals surface area contributed by atoms with Gasteiger partial charge in [-0.3, -0.25) is 4.79 Å². The number of amides is 1. The lowest BCUT2D eigenvalue weighted by atomic mass is 9.91. The third kappa shape index (κ3) is 2.55. The molecule has 0 bridgehead atoms. The van der Waals surface area contributed by atoms with E-state index in [1.165, 1.54) is 0 Å². The van der Waals surface area contributed by atoms with Crippen molar-refractivity contribution in [2.24, 2.45) is 5.92 Å². The summed E-state index contributed by atoms with van der Waals surface area (Å²) in [4.78, 5) is 15.1. The molecule has 2 fully saturated rings. The van der Waals surface area contributed by atoms with Crippen LogP contribution in [0, 0.1) is 5.92 Å². The monoisotopic (exact) mass is 303 g/mol. The van der Waals surface area contributed by atoms with Crippen LogP contribution in [0.5, 0.6) is 11.5 Å². The van der Waals surface area contributed by atoms with Gasteiger partial charge in [0.25, 0.3) is 0 Å². The number of likely N-dealkylation sites (tertiary alicyclic amines) is 1. The summed E-state index contributed by atoms with van der Waals surface area (Å²) in [5, 5.41) is 0. The molecule has 2 aliphatic rings. The van der Waals surface area contributed by atoms with Gasteiger partial charge in [0.05, 0.1) is 19.6 Å². The summed E-state index contributed by atoms with van der Waals surface area (Å²) in [6.45, 7) is 4.06. The Balaban J connectivity index is 1.82. The van der Waals surface area contributed by atoms with Crippen molar-refractivity contribution in [3.8, 4) is 11.5 Å². The van der Waals surface area contributed by atoms with Crippen LogP contribution in [-0.2, 0) is 10.2 Å². The minimum absolute atomic E-state index is 0.298. The Hall–Kier alpha value is -1.71. The van der Waals surface area contributed by atoms with E-state index in [0.29, 0.717) is 17.4 Å². The van der Waals surface area contributed by atoms with Crippen molar-refractivity contribution in [1.29, 1.82) is 0 Å². The molecule has 0 spiro atoms. The number of nitrogens with zero attached hydrogens (tertiary/aromatic N) is 1. The van der Waals surface area contributed by atoms with Crippen molar-refractivity contribution < 1.29 is 14.3 Å². The summed E-state index contributed by atoms with van der Waals surface area (Å²) in [6, 6.07) is 5.88. The number of benzene rings is 1. The third-order valence-corrected chi connectivity index (χ3v) is 5.17. The number of carbonyl (C=O) groups excluding carboxylic acids is 1. The van der Waals surface area contributed by atoms with Crippen LogP contribution in [0.3, 0.4) is 0 Å². The highest BCUT2D eigenvalue weighted by Crippen LogP contribution is 2.51. The smallest absolute Gasteiger partial charge is 0.233 e. The van der Waals surface area contributed by atoms with Gasteiger partial charge in [0.1, 0.15) is 0 Å². The predicted molar refractivity (Wildman–Crippen MR) is 85.4 cm³/mol. The lowest BCUT2D eigenvalue weighted by molar-refractivity contribution is -0.135. The summed E-state index contributed by atoms with van der Waals surface area (Å²) in [5.41, 5.74) is 0.744. The maximum atomic E-state index is 13.0. The van der Waals surface area contributed by atoms with Gasteiger partial charge >= 0.3 is 0 Å². The van der Waals surface area contributed by atoms with E-state index < -0.39 is 0 Å². The molecule has 1 aromatic carbocycles. The first kappa shape index (κ1) is 15.2. The lowest BCUT2D eigenvalue weighted by Gasteiger charge is -2.33. The molecule has 0 aromatic heterocycles. The van der Waals surface area contributed by atoms with Crippen LogP contribution >= 0.6 is 0 Å². The minimum atomic E-state index is -0.319. The zero-order chi connectivity index (χ0) is 15.7. The zero-order valence-electron chi connectivity index (χ0n) is 13.7. The summed E-state index contributed by atoms with van der Waals surface area (Å²) >= 11 is 0. The van der Waals surface area contributed by atoms with Crippen LogP contribution in [0.2, 0.25) is 0 Å². The van der Waals surface area contributed by atoms with Crippen LogP contribution in [0.1, 0.15) is 38.2 Å². The highest BCUT2D eigenvalue weighted by Gasteiger charge is 2.53. The van der Waals surface area contributed by atoms with Crippen LogP contribution in [-0.4, -0.2) is 38.1 Å². The van der Waals surface area contributed by atoms with Crippen molar-refractivity contribution in [2.75, 3.05) is 27.3 Å². The molecule has 4 nitrogen and oxygen atoms in total. The Morgan fingerprint density at radius 3 is 2.32 bits per heavy atom. The van der Waals surface area contributed by atoms with E-state index >= 15 is 0 Å². The maximum Gasteiger partial charge on any atom is 0.233 e. The van der Waals surface area contributed by atoms with E-state index in [1.807, 2.05) is 18.2 Å².